The Morgan fingerprint density at radius 1 is 1.43 bits per heavy atom. The molecule has 6 heteroatoms. The molecule has 0 fully saturated rings. The van der Waals surface area contributed by atoms with Crippen LogP contribution in [0.1, 0.15) is 18.9 Å². The molecule has 0 aliphatic rings. The summed E-state index contributed by atoms with van der Waals surface area (Å²) in [4.78, 5) is 12.3. The molecule has 0 aliphatic heterocycles. The van der Waals surface area contributed by atoms with E-state index in [1.807, 2.05) is 36.5 Å². The molecule has 21 heavy (non-hydrogen) atoms. The predicted molar refractivity (Wildman–Crippen MR) is 90.6 cm³/mol. The number of benzene rings is 1. The predicted octanol–water partition coefficient (Wildman–Crippen LogP) is 1.87. The van der Waals surface area contributed by atoms with Gasteiger partial charge in [-0.2, -0.15) is 5.10 Å². The molecular weight excluding hydrogens is 379 g/mol. The van der Waals surface area contributed by atoms with Gasteiger partial charge in [0.1, 0.15) is 5.54 Å². The van der Waals surface area contributed by atoms with Crippen molar-refractivity contribution < 1.29 is 4.79 Å². The Kier molecular flexibility index (Phi) is 5.35. The van der Waals surface area contributed by atoms with Crippen LogP contribution >= 0.6 is 22.6 Å². The van der Waals surface area contributed by atoms with Crippen molar-refractivity contribution in [2.75, 3.05) is 6.54 Å². The molecule has 1 amide bonds. The lowest BCUT2D eigenvalue weighted by Crippen LogP contribution is -2.55. The van der Waals surface area contributed by atoms with Crippen LogP contribution in [0.15, 0.2) is 42.7 Å². The first kappa shape index (κ1) is 16.0. The second-order valence-electron chi connectivity index (χ2n) is 4.92. The number of aromatic nitrogens is 2. The zero-order chi connectivity index (χ0) is 15.3. The van der Waals surface area contributed by atoms with Crippen LogP contribution in [0.4, 0.5) is 0 Å². The summed E-state index contributed by atoms with van der Waals surface area (Å²) in [6.45, 7) is 3.13. The highest BCUT2D eigenvalue weighted by Gasteiger charge is 2.38. The van der Waals surface area contributed by atoms with Crippen LogP contribution in [0.2, 0.25) is 0 Å². The number of carbonyl (C=O) groups excluding carboxylic acids is 1. The third kappa shape index (κ3) is 3.62. The summed E-state index contributed by atoms with van der Waals surface area (Å²) >= 11 is 2.19. The zero-order valence-electron chi connectivity index (χ0n) is 11.9. The van der Waals surface area contributed by atoms with E-state index in [0.717, 1.165) is 15.6 Å². The van der Waals surface area contributed by atoms with Gasteiger partial charge in [-0.1, -0.05) is 37.3 Å². The third-order valence-electron chi connectivity index (χ3n) is 3.36. The van der Waals surface area contributed by atoms with E-state index in [0.29, 0.717) is 13.1 Å². The molecule has 0 bridgehead atoms. The molecule has 1 aromatic heterocycles. The van der Waals surface area contributed by atoms with Crippen molar-refractivity contribution in [3.8, 4) is 0 Å². The molecule has 0 saturated carbocycles. The van der Waals surface area contributed by atoms with Gasteiger partial charge in [-0.15, -0.1) is 0 Å². The maximum absolute atomic E-state index is 12.3. The van der Waals surface area contributed by atoms with Gasteiger partial charge in [0.15, 0.2) is 0 Å². The maximum atomic E-state index is 12.3. The van der Waals surface area contributed by atoms with Crippen molar-refractivity contribution in [2.24, 2.45) is 5.73 Å². The number of nitrogens with one attached hydrogen (secondary N) is 1. The molecule has 1 atom stereocenters. The number of hydrogen-bond donors (Lipinski definition) is 2. The average Bonchev–Trinajstić information content (AvgIpc) is 2.89. The van der Waals surface area contributed by atoms with E-state index in [-0.39, 0.29) is 0 Å². The van der Waals surface area contributed by atoms with Crippen molar-refractivity contribution in [1.29, 1.82) is 0 Å². The summed E-state index contributed by atoms with van der Waals surface area (Å²) in [7, 11) is 0. The standard InChI is InChI=1S/C15H19IN4O/c1-2-8-18-15(14(17)21,12-6-4-3-5-7-12)11-20-10-13(16)9-19-20/h3-7,9-10,18H,2,8,11H2,1H3,(H2,17,21). The summed E-state index contributed by atoms with van der Waals surface area (Å²) in [5, 5.41) is 7.60. The van der Waals surface area contributed by atoms with E-state index < -0.39 is 11.4 Å². The summed E-state index contributed by atoms with van der Waals surface area (Å²) in [6.07, 6.45) is 4.57. The summed E-state index contributed by atoms with van der Waals surface area (Å²) < 4.78 is 2.77. The molecule has 2 rings (SSSR count). The Morgan fingerprint density at radius 2 is 2.14 bits per heavy atom. The Morgan fingerprint density at radius 3 is 2.67 bits per heavy atom. The highest BCUT2D eigenvalue weighted by atomic mass is 127. The number of halogens is 1. The number of nitrogens with zero attached hydrogens (tertiary/aromatic N) is 2. The number of amides is 1. The molecule has 112 valence electrons. The fraction of sp³-hybridized carbons (Fsp3) is 0.333. The Labute approximate surface area is 138 Å². The van der Waals surface area contributed by atoms with Gasteiger partial charge < -0.3 is 5.73 Å². The topological polar surface area (TPSA) is 72.9 Å². The zero-order valence-corrected chi connectivity index (χ0v) is 14.1. The average molecular weight is 398 g/mol. The van der Waals surface area contributed by atoms with Crippen molar-refractivity contribution in [3.63, 3.8) is 0 Å². The Hall–Kier alpha value is -1.41. The fourth-order valence-corrected chi connectivity index (χ4v) is 2.73. The summed E-state index contributed by atoms with van der Waals surface area (Å²) in [5.74, 6) is -0.396. The first-order chi connectivity index (χ1) is 10.1. The summed E-state index contributed by atoms with van der Waals surface area (Å²) in [6, 6.07) is 9.58. The SMILES string of the molecule is CCCNC(Cn1cc(I)cn1)(C(N)=O)c1ccccc1. The van der Waals surface area contributed by atoms with Gasteiger partial charge in [0.05, 0.1) is 16.3 Å². The molecule has 0 spiro atoms. The number of primary amides is 1. The number of rotatable bonds is 7. The molecule has 0 saturated heterocycles. The second kappa shape index (κ2) is 7.04. The van der Waals surface area contributed by atoms with Gasteiger partial charge >= 0.3 is 0 Å². The number of nitrogens with two attached hydrogens (primary N) is 1. The van der Waals surface area contributed by atoms with E-state index in [4.69, 9.17) is 5.73 Å². The molecular formula is C15H19IN4O. The monoisotopic (exact) mass is 398 g/mol. The minimum Gasteiger partial charge on any atom is -0.368 e. The van der Waals surface area contributed by atoms with Crippen LogP contribution < -0.4 is 11.1 Å². The second-order valence-corrected chi connectivity index (χ2v) is 6.16. The lowest BCUT2D eigenvalue weighted by atomic mass is 9.88. The Bertz CT molecular complexity index is 599. The van der Waals surface area contributed by atoms with E-state index in [1.54, 1.807) is 10.9 Å². The van der Waals surface area contributed by atoms with Crippen LogP contribution in [0.25, 0.3) is 0 Å². The van der Waals surface area contributed by atoms with Crippen molar-refractivity contribution in [1.82, 2.24) is 15.1 Å². The molecule has 1 heterocycles. The maximum Gasteiger partial charge on any atom is 0.244 e. The molecule has 1 unspecified atom stereocenters. The highest BCUT2D eigenvalue weighted by Crippen LogP contribution is 2.23. The van der Waals surface area contributed by atoms with E-state index >= 15 is 0 Å². The minimum absolute atomic E-state index is 0.370. The largest absolute Gasteiger partial charge is 0.368 e. The van der Waals surface area contributed by atoms with Gasteiger partial charge in [-0.3, -0.25) is 14.8 Å². The summed E-state index contributed by atoms with van der Waals surface area (Å²) in [5.41, 5.74) is 5.66. The third-order valence-corrected chi connectivity index (χ3v) is 3.92. The highest BCUT2D eigenvalue weighted by molar-refractivity contribution is 14.1. The van der Waals surface area contributed by atoms with Gasteiger partial charge in [-0.05, 0) is 41.1 Å². The van der Waals surface area contributed by atoms with Crippen LogP contribution in [0.3, 0.4) is 0 Å². The van der Waals surface area contributed by atoms with Gasteiger partial charge in [-0.25, -0.2) is 0 Å². The first-order valence-corrected chi connectivity index (χ1v) is 7.95. The molecule has 2 aromatic rings. The van der Waals surface area contributed by atoms with Crippen molar-refractivity contribution in [3.05, 3.63) is 51.9 Å². The van der Waals surface area contributed by atoms with Crippen LogP contribution in [0, 0.1) is 3.57 Å². The van der Waals surface area contributed by atoms with E-state index in [9.17, 15) is 4.79 Å². The fourth-order valence-electron chi connectivity index (χ4n) is 2.29. The van der Waals surface area contributed by atoms with Crippen molar-refractivity contribution >= 4 is 28.5 Å². The normalized spacial score (nSPS) is 13.8. The molecule has 3 N–H and O–H groups in total. The van der Waals surface area contributed by atoms with Crippen LogP contribution in [0.5, 0.6) is 0 Å². The number of carbonyl (C=O) groups is 1. The smallest absolute Gasteiger partial charge is 0.244 e. The van der Waals surface area contributed by atoms with Gasteiger partial charge in [0.2, 0.25) is 5.91 Å². The van der Waals surface area contributed by atoms with Crippen LogP contribution in [-0.2, 0) is 16.9 Å². The minimum atomic E-state index is -0.952. The first-order valence-electron chi connectivity index (χ1n) is 6.87. The van der Waals surface area contributed by atoms with E-state index in [1.165, 1.54) is 0 Å². The quantitative estimate of drug-likeness (QED) is 0.700. The molecule has 0 aliphatic carbocycles. The van der Waals surface area contributed by atoms with Crippen LogP contribution in [-0.4, -0.2) is 22.2 Å². The molecule has 5 nitrogen and oxygen atoms in total. The molecule has 0 radical (unpaired) electrons. The van der Waals surface area contributed by atoms with E-state index in [2.05, 4.69) is 39.9 Å². The van der Waals surface area contributed by atoms with Gasteiger partial charge in [0.25, 0.3) is 0 Å². The van der Waals surface area contributed by atoms with Crippen molar-refractivity contribution in [2.45, 2.75) is 25.4 Å². The number of hydrogen-bond acceptors (Lipinski definition) is 3. The van der Waals surface area contributed by atoms with Gasteiger partial charge in [0, 0.05) is 6.20 Å². The lowest BCUT2D eigenvalue weighted by molar-refractivity contribution is -0.125. The molecule has 1 aromatic carbocycles. The lowest BCUT2D eigenvalue weighted by Gasteiger charge is -2.32. The Balaban J connectivity index is 2.42.